The maximum atomic E-state index is 12.4. The Morgan fingerprint density at radius 2 is 1.86 bits per heavy atom. The van der Waals surface area contributed by atoms with Gasteiger partial charge in [0.1, 0.15) is 5.82 Å². The Bertz CT molecular complexity index is 971. The van der Waals surface area contributed by atoms with Crippen LogP contribution in [0.5, 0.6) is 5.88 Å². The van der Waals surface area contributed by atoms with Gasteiger partial charge in [0.25, 0.3) is 5.91 Å². The summed E-state index contributed by atoms with van der Waals surface area (Å²) in [6.45, 7) is 1.36. The molecule has 0 aliphatic heterocycles. The molecule has 0 saturated carbocycles. The number of benzene rings is 1. The molecule has 2 heterocycles. The minimum atomic E-state index is -0.116. The predicted octanol–water partition coefficient (Wildman–Crippen LogP) is 2.39. The Hall–Kier alpha value is -3.45. The van der Waals surface area contributed by atoms with Crippen LogP contribution in [0.25, 0.3) is 22.3 Å². The minimum Gasteiger partial charge on any atom is -0.493 e. The molecular formula is C21H23N5O2. The fourth-order valence-corrected chi connectivity index (χ4v) is 2.74. The van der Waals surface area contributed by atoms with E-state index in [0.29, 0.717) is 23.5 Å². The lowest BCUT2D eigenvalue weighted by atomic mass is 10.0. The highest BCUT2D eigenvalue weighted by atomic mass is 16.3. The maximum absolute atomic E-state index is 12.4. The van der Waals surface area contributed by atoms with E-state index in [1.54, 1.807) is 24.5 Å². The van der Waals surface area contributed by atoms with Crippen LogP contribution in [0.1, 0.15) is 10.4 Å². The van der Waals surface area contributed by atoms with Crippen molar-refractivity contribution in [3.8, 4) is 28.1 Å². The smallest absolute Gasteiger partial charge is 0.251 e. The molecule has 0 fully saturated rings. The molecule has 1 amide bonds. The Labute approximate surface area is 163 Å². The van der Waals surface area contributed by atoms with Crippen LogP contribution in [0.3, 0.4) is 0 Å². The van der Waals surface area contributed by atoms with Crippen molar-refractivity contribution >= 4 is 11.7 Å². The van der Waals surface area contributed by atoms with Gasteiger partial charge >= 0.3 is 0 Å². The molecule has 3 rings (SSSR count). The standard InChI is InChI=1S/C21H23N5O2/c1-26(2)9-8-23-21(28)15-5-3-4-14(10-15)17-11-18(20(22)25-13-17)16-6-7-19(27)24-12-16/h3-7,10-13H,8-9H2,1-2H3,(H2,22,25)(H,23,28)(H,24,27). The predicted molar refractivity (Wildman–Crippen MR) is 110 cm³/mol. The molecule has 0 radical (unpaired) electrons. The van der Waals surface area contributed by atoms with E-state index < -0.39 is 0 Å². The van der Waals surface area contributed by atoms with Crippen molar-refractivity contribution in [3.05, 3.63) is 60.4 Å². The molecule has 0 aliphatic rings. The van der Waals surface area contributed by atoms with Gasteiger partial charge < -0.3 is 21.1 Å². The van der Waals surface area contributed by atoms with Gasteiger partial charge in [-0.1, -0.05) is 12.1 Å². The van der Waals surface area contributed by atoms with Crippen LogP contribution >= 0.6 is 0 Å². The van der Waals surface area contributed by atoms with Crippen LogP contribution < -0.4 is 11.1 Å². The van der Waals surface area contributed by atoms with E-state index in [4.69, 9.17) is 5.73 Å². The van der Waals surface area contributed by atoms with Gasteiger partial charge in [0.2, 0.25) is 5.88 Å². The zero-order valence-electron chi connectivity index (χ0n) is 15.9. The molecule has 4 N–H and O–H groups in total. The van der Waals surface area contributed by atoms with E-state index in [1.807, 2.05) is 43.3 Å². The Morgan fingerprint density at radius 1 is 1.07 bits per heavy atom. The number of anilines is 1. The second-order valence-corrected chi connectivity index (χ2v) is 6.70. The first kappa shape index (κ1) is 19.3. The third kappa shape index (κ3) is 4.63. The largest absolute Gasteiger partial charge is 0.493 e. The zero-order chi connectivity index (χ0) is 20.1. The quantitative estimate of drug-likeness (QED) is 0.609. The van der Waals surface area contributed by atoms with Crippen molar-refractivity contribution < 1.29 is 9.90 Å². The number of likely N-dealkylation sites (N-methyl/N-ethyl adjacent to an activating group) is 1. The molecule has 28 heavy (non-hydrogen) atoms. The first-order chi connectivity index (χ1) is 13.4. The number of hydrogen-bond donors (Lipinski definition) is 3. The number of nitrogens with two attached hydrogens (primary N) is 1. The number of aromatic hydroxyl groups is 1. The number of carbonyl (C=O) groups excluding carboxylic acids is 1. The van der Waals surface area contributed by atoms with Gasteiger partial charge in [0.05, 0.1) is 0 Å². The second-order valence-electron chi connectivity index (χ2n) is 6.70. The van der Waals surface area contributed by atoms with Gasteiger partial charge in [-0.15, -0.1) is 0 Å². The van der Waals surface area contributed by atoms with Gasteiger partial charge in [-0.05, 0) is 43.9 Å². The first-order valence-electron chi connectivity index (χ1n) is 8.88. The third-order valence-electron chi connectivity index (χ3n) is 4.28. The highest BCUT2D eigenvalue weighted by molar-refractivity contribution is 5.95. The number of pyridine rings is 2. The number of hydrogen-bond acceptors (Lipinski definition) is 6. The van der Waals surface area contributed by atoms with E-state index in [2.05, 4.69) is 15.3 Å². The van der Waals surface area contributed by atoms with E-state index in [-0.39, 0.29) is 11.8 Å². The molecule has 0 unspecified atom stereocenters. The number of nitrogen functional groups attached to an aromatic ring is 1. The molecule has 0 bridgehead atoms. The number of rotatable bonds is 6. The Morgan fingerprint density at radius 3 is 2.57 bits per heavy atom. The monoisotopic (exact) mass is 377 g/mol. The van der Waals surface area contributed by atoms with Gasteiger partial charge in [-0.3, -0.25) is 4.79 Å². The van der Waals surface area contributed by atoms with Crippen molar-refractivity contribution in [2.45, 2.75) is 0 Å². The minimum absolute atomic E-state index is 0.0561. The molecule has 7 nitrogen and oxygen atoms in total. The summed E-state index contributed by atoms with van der Waals surface area (Å²) < 4.78 is 0. The summed E-state index contributed by atoms with van der Waals surface area (Å²) in [5.41, 5.74) is 9.77. The van der Waals surface area contributed by atoms with E-state index in [0.717, 1.165) is 23.2 Å². The van der Waals surface area contributed by atoms with E-state index in [1.165, 1.54) is 6.07 Å². The number of amides is 1. The summed E-state index contributed by atoms with van der Waals surface area (Å²) in [7, 11) is 3.92. The topological polar surface area (TPSA) is 104 Å². The number of nitrogens with zero attached hydrogens (tertiary/aromatic N) is 3. The molecule has 0 aliphatic carbocycles. The highest BCUT2D eigenvalue weighted by Crippen LogP contribution is 2.30. The van der Waals surface area contributed by atoms with Gasteiger partial charge in [-0.2, -0.15) is 0 Å². The molecule has 3 aromatic rings. The van der Waals surface area contributed by atoms with Gasteiger partial charge in [0.15, 0.2) is 0 Å². The van der Waals surface area contributed by atoms with Gasteiger partial charge in [-0.25, -0.2) is 9.97 Å². The SMILES string of the molecule is CN(C)CCNC(=O)c1cccc(-c2cnc(N)c(-c3ccc(O)nc3)c2)c1. The molecule has 2 aromatic heterocycles. The summed E-state index contributed by atoms with van der Waals surface area (Å²) in [6.07, 6.45) is 3.22. The summed E-state index contributed by atoms with van der Waals surface area (Å²) in [5.74, 6) is 0.198. The molecule has 1 aromatic carbocycles. The Kier molecular flexibility index (Phi) is 5.86. The molecule has 144 valence electrons. The molecule has 7 heteroatoms. The van der Waals surface area contributed by atoms with Crippen LogP contribution in [-0.4, -0.2) is 53.1 Å². The second kappa shape index (κ2) is 8.49. The summed E-state index contributed by atoms with van der Waals surface area (Å²) >= 11 is 0. The fraction of sp³-hybridized carbons (Fsp3) is 0.190. The number of aromatic nitrogens is 2. The van der Waals surface area contributed by atoms with Crippen molar-refractivity contribution in [2.24, 2.45) is 0 Å². The van der Waals surface area contributed by atoms with Crippen molar-refractivity contribution in [1.29, 1.82) is 0 Å². The molecular weight excluding hydrogens is 354 g/mol. The average molecular weight is 377 g/mol. The fourth-order valence-electron chi connectivity index (χ4n) is 2.74. The third-order valence-corrected chi connectivity index (χ3v) is 4.28. The van der Waals surface area contributed by atoms with Crippen LogP contribution in [0.2, 0.25) is 0 Å². The van der Waals surface area contributed by atoms with Crippen LogP contribution in [-0.2, 0) is 0 Å². The number of nitrogens with one attached hydrogen (secondary N) is 1. The lowest BCUT2D eigenvalue weighted by Gasteiger charge is -2.11. The normalized spacial score (nSPS) is 10.8. The van der Waals surface area contributed by atoms with Crippen molar-refractivity contribution in [3.63, 3.8) is 0 Å². The highest BCUT2D eigenvalue weighted by Gasteiger charge is 2.10. The lowest BCUT2D eigenvalue weighted by Crippen LogP contribution is -2.31. The van der Waals surface area contributed by atoms with Crippen molar-refractivity contribution in [2.75, 3.05) is 32.9 Å². The summed E-state index contributed by atoms with van der Waals surface area (Å²) in [6, 6.07) is 12.5. The average Bonchev–Trinajstić information content (AvgIpc) is 2.69. The number of carbonyl (C=O) groups is 1. The maximum Gasteiger partial charge on any atom is 0.251 e. The van der Waals surface area contributed by atoms with E-state index >= 15 is 0 Å². The van der Waals surface area contributed by atoms with Crippen LogP contribution in [0, 0.1) is 0 Å². The zero-order valence-corrected chi connectivity index (χ0v) is 15.9. The van der Waals surface area contributed by atoms with Crippen LogP contribution in [0.4, 0.5) is 5.82 Å². The first-order valence-corrected chi connectivity index (χ1v) is 8.88. The Balaban J connectivity index is 1.87. The molecule has 0 saturated heterocycles. The van der Waals surface area contributed by atoms with Crippen LogP contribution in [0.15, 0.2) is 54.9 Å². The molecule has 0 spiro atoms. The van der Waals surface area contributed by atoms with Gasteiger partial charge in [0, 0.05) is 53.8 Å². The van der Waals surface area contributed by atoms with E-state index in [9.17, 15) is 9.90 Å². The van der Waals surface area contributed by atoms with Crippen molar-refractivity contribution in [1.82, 2.24) is 20.2 Å². The molecule has 0 atom stereocenters. The summed E-state index contributed by atoms with van der Waals surface area (Å²) in [4.78, 5) is 22.6. The lowest BCUT2D eigenvalue weighted by molar-refractivity contribution is 0.0951. The summed E-state index contributed by atoms with van der Waals surface area (Å²) in [5, 5.41) is 12.3.